The lowest BCUT2D eigenvalue weighted by Gasteiger charge is -2.28. The second-order valence-electron chi connectivity index (χ2n) is 13.4. The van der Waals surface area contributed by atoms with Gasteiger partial charge >= 0.3 is 0 Å². The van der Waals surface area contributed by atoms with Gasteiger partial charge in [-0.25, -0.2) is 0 Å². The average molecular weight is 564 g/mol. The van der Waals surface area contributed by atoms with Crippen LogP contribution in [0, 0.1) is 17.8 Å². The van der Waals surface area contributed by atoms with Crippen LogP contribution >= 0.6 is 0 Å². The van der Waals surface area contributed by atoms with Crippen LogP contribution in [0.25, 0.3) is 0 Å². The van der Waals surface area contributed by atoms with Gasteiger partial charge in [-0.2, -0.15) is 0 Å². The van der Waals surface area contributed by atoms with Gasteiger partial charge in [0.2, 0.25) is 0 Å². The number of hydrogen-bond donors (Lipinski definition) is 0. The third kappa shape index (κ3) is 10.2. The molecule has 1 unspecified atom stereocenters. The molecule has 3 aromatic carbocycles. The number of hydrogen-bond acceptors (Lipinski definition) is 2. The van der Waals surface area contributed by atoms with Crippen molar-refractivity contribution in [3.05, 3.63) is 107 Å². The summed E-state index contributed by atoms with van der Waals surface area (Å²) in [6.07, 6.45) is 18.9. The van der Waals surface area contributed by atoms with E-state index >= 15 is 0 Å². The van der Waals surface area contributed by atoms with Crippen LogP contribution < -0.4 is 0 Å². The van der Waals surface area contributed by atoms with E-state index in [1.807, 2.05) is 0 Å². The molecular formula is C40H53NO. The van der Waals surface area contributed by atoms with Crippen molar-refractivity contribution in [1.29, 1.82) is 0 Å². The van der Waals surface area contributed by atoms with Crippen LogP contribution in [-0.4, -0.2) is 23.8 Å². The molecule has 1 saturated heterocycles. The predicted octanol–water partition coefficient (Wildman–Crippen LogP) is 10.1. The van der Waals surface area contributed by atoms with Crippen LogP contribution in [0.5, 0.6) is 0 Å². The first kappa shape index (κ1) is 30.7. The SMILES string of the molecule is O=C(CCCC1CCC(CCCc2ccccc2)CC1)c1ccc(CN2CCCCC(Cc3ccccc3)CC2)cc1. The maximum absolute atomic E-state index is 12.9. The van der Waals surface area contributed by atoms with Crippen molar-refractivity contribution in [3.63, 3.8) is 0 Å². The van der Waals surface area contributed by atoms with Gasteiger partial charge in [-0.05, 0) is 86.1 Å². The van der Waals surface area contributed by atoms with Crippen molar-refractivity contribution in [3.8, 4) is 0 Å². The van der Waals surface area contributed by atoms with Crippen LogP contribution in [-0.2, 0) is 19.4 Å². The van der Waals surface area contributed by atoms with Gasteiger partial charge in [0.25, 0.3) is 0 Å². The highest BCUT2D eigenvalue weighted by Crippen LogP contribution is 2.34. The minimum atomic E-state index is 0.325. The lowest BCUT2D eigenvalue weighted by Crippen LogP contribution is -2.29. The number of carbonyl (C=O) groups excluding carboxylic acids is 1. The van der Waals surface area contributed by atoms with Gasteiger partial charge in [0.05, 0.1) is 0 Å². The van der Waals surface area contributed by atoms with E-state index in [0.29, 0.717) is 12.2 Å². The molecule has 5 rings (SSSR count). The van der Waals surface area contributed by atoms with E-state index in [9.17, 15) is 4.79 Å². The van der Waals surface area contributed by atoms with Gasteiger partial charge in [-0.15, -0.1) is 0 Å². The number of aryl methyl sites for hydroxylation is 1. The number of ketones is 1. The molecular weight excluding hydrogens is 510 g/mol. The Balaban J connectivity index is 0.967. The summed E-state index contributed by atoms with van der Waals surface area (Å²) in [5, 5.41) is 0. The summed E-state index contributed by atoms with van der Waals surface area (Å²) in [7, 11) is 0. The quantitative estimate of drug-likeness (QED) is 0.193. The van der Waals surface area contributed by atoms with Crippen LogP contribution in [0.15, 0.2) is 84.9 Å². The molecule has 2 aliphatic rings. The minimum absolute atomic E-state index is 0.325. The molecule has 0 bridgehead atoms. The van der Waals surface area contributed by atoms with Crippen molar-refractivity contribution in [1.82, 2.24) is 4.90 Å². The average Bonchev–Trinajstić information content (AvgIpc) is 3.02. The van der Waals surface area contributed by atoms with Gasteiger partial charge in [-0.3, -0.25) is 9.69 Å². The molecule has 0 radical (unpaired) electrons. The Labute approximate surface area is 255 Å². The first-order chi connectivity index (χ1) is 20.7. The molecule has 3 aromatic rings. The van der Waals surface area contributed by atoms with Crippen LogP contribution in [0.1, 0.15) is 111 Å². The second-order valence-corrected chi connectivity index (χ2v) is 13.4. The molecule has 1 aliphatic carbocycles. The number of carbonyl (C=O) groups is 1. The summed E-state index contributed by atoms with van der Waals surface area (Å²) in [5.41, 5.74) is 5.20. The summed E-state index contributed by atoms with van der Waals surface area (Å²) in [5.74, 6) is 2.86. The summed E-state index contributed by atoms with van der Waals surface area (Å²) >= 11 is 0. The highest BCUT2D eigenvalue weighted by molar-refractivity contribution is 5.96. The lowest BCUT2D eigenvalue weighted by molar-refractivity contribution is 0.0975. The fourth-order valence-corrected chi connectivity index (χ4v) is 7.50. The van der Waals surface area contributed by atoms with E-state index in [1.165, 1.54) is 113 Å². The number of benzene rings is 3. The largest absolute Gasteiger partial charge is 0.299 e. The number of nitrogens with zero attached hydrogens (tertiary/aromatic N) is 1. The van der Waals surface area contributed by atoms with E-state index < -0.39 is 0 Å². The molecule has 2 nitrogen and oxygen atoms in total. The maximum Gasteiger partial charge on any atom is 0.162 e. The highest BCUT2D eigenvalue weighted by Gasteiger charge is 2.21. The standard InChI is InChI=1S/C40H53NO/c42-40(19-10-18-35-22-20-34(21-23-35)17-9-16-33-11-3-1-4-12-33)39-26-24-38(25-27-39)32-41-29-8-7-15-37(28-30-41)31-36-13-5-2-6-14-36/h1-6,11-14,24-27,34-35,37H,7-10,15-23,28-32H2. The highest BCUT2D eigenvalue weighted by atomic mass is 16.1. The van der Waals surface area contributed by atoms with E-state index in [-0.39, 0.29) is 0 Å². The minimum Gasteiger partial charge on any atom is -0.299 e. The van der Waals surface area contributed by atoms with Crippen molar-refractivity contribution < 1.29 is 4.79 Å². The van der Waals surface area contributed by atoms with Crippen LogP contribution in [0.2, 0.25) is 0 Å². The van der Waals surface area contributed by atoms with Crippen LogP contribution in [0.3, 0.4) is 0 Å². The van der Waals surface area contributed by atoms with Gasteiger partial charge in [0.1, 0.15) is 0 Å². The molecule has 224 valence electrons. The molecule has 1 saturated carbocycles. The Morgan fingerprint density at radius 2 is 1.24 bits per heavy atom. The zero-order chi connectivity index (χ0) is 28.8. The Bertz CT molecular complexity index is 1160. The molecule has 42 heavy (non-hydrogen) atoms. The Morgan fingerprint density at radius 3 is 1.93 bits per heavy atom. The molecule has 0 amide bonds. The Morgan fingerprint density at radius 1 is 0.595 bits per heavy atom. The van der Waals surface area contributed by atoms with E-state index in [1.54, 1.807) is 0 Å². The molecule has 1 atom stereocenters. The normalized spacial score (nSPS) is 21.9. The predicted molar refractivity (Wildman–Crippen MR) is 177 cm³/mol. The second kappa shape index (κ2) is 16.8. The fourth-order valence-electron chi connectivity index (χ4n) is 7.50. The summed E-state index contributed by atoms with van der Waals surface area (Å²) in [6.45, 7) is 3.36. The number of rotatable bonds is 13. The van der Waals surface area contributed by atoms with Crippen molar-refractivity contribution in [2.45, 2.75) is 103 Å². The van der Waals surface area contributed by atoms with Gasteiger partial charge in [0.15, 0.2) is 5.78 Å². The summed E-state index contributed by atoms with van der Waals surface area (Å²) < 4.78 is 0. The van der Waals surface area contributed by atoms with E-state index in [0.717, 1.165) is 36.3 Å². The van der Waals surface area contributed by atoms with Gasteiger partial charge in [0, 0.05) is 18.5 Å². The first-order valence-corrected chi connectivity index (χ1v) is 17.1. The molecule has 0 aromatic heterocycles. The van der Waals surface area contributed by atoms with Crippen molar-refractivity contribution in [2.75, 3.05) is 13.1 Å². The monoisotopic (exact) mass is 563 g/mol. The Hall–Kier alpha value is -2.71. The van der Waals surface area contributed by atoms with E-state index in [4.69, 9.17) is 0 Å². The van der Waals surface area contributed by atoms with Gasteiger partial charge in [-0.1, -0.05) is 136 Å². The first-order valence-electron chi connectivity index (χ1n) is 17.1. The zero-order valence-corrected chi connectivity index (χ0v) is 25.9. The van der Waals surface area contributed by atoms with E-state index in [2.05, 4.69) is 89.8 Å². The molecule has 2 fully saturated rings. The lowest BCUT2D eigenvalue weighted by atomic mass is 9.78. The molecule has 1 aliphatic heterocycles. The number of likely N-dealkylation sites (tertiary alicyclic amines) is 1. The van der Waals surface area contributed by atoms with Crippen molar-refractivity contribution in [2.24, 2.45) is 17.8 Å². The topological polar surface area (TPSA) is 20.3 Å². The van der Waals surface area contributed by atoms with Crippen molar-refractivity contribution >= 4 is 5.78 Å². The fraction of sp³-hybridized carbons (Fsp3) is 0.525. The molecule has 0 spiro atoms. The number of Topliss-reactive ketones (excluding diaryl/α,β-unsaturated/α-hetero) is 1. The maximum atomic E-state index is 12.9. The zero-order valence-electron chi connectivity index (χ0n) is 25.9. The third-order valence-electron chi connectivity index (χ3n) is 10.1. The molecule has 2 heteroatoms. The smallest absolute Gasteiger partial charge is 0.162 e. The third-order valence-corrected chi connectivity index (χ3v) is 10.1. The van der Waals surface area contributed by atoms with Crippen LogP contribution in [0.4, 0.5) is 0 Å². The Kier molecular flexibility index (Phi) is 12.3. The van der Waals surface area contributed by atoms with Gasteiger partial charge < -0.3 is 0 Å². The summed E-state index contributed by atoms with van der Waals surface area (Å²) in [6, 6.07) is 30.5. The summed E-state index contributed by atoms with van der Waals surface area (Å²) in [4.78, 5) is 15.6. The molecule has 0 N–H and O–H groups in total. The molecule has 1 heterocycles.